The molecular formula is C16H18O5. The van der Waals surface area contributed by atoms with Crippen LogP contribution >= 0.6 is 0 Å². The van der Waals surface area contributed by atoms with E-state index in [0.717, 1.165) is 5.56 Å². The standard InChI is InChI=1S/C16H18O5/c1-19-14(17)16-8-13(7-12(16)10-21-15(16)18)20-9-11-5-3-2-4-6-11/h2-6,12-13H,7-10H2,1H3/t12-,13-,16-/m0/s1. The van der Waals surface area contributed by atoms with Crippen LogP contribution in [0.2, 0.25) is 0 Å². The number of carbonyl (C=O) groups excluding carboxylic acids is 2. The van der Waals surface area contributed by atoms with E-state index in [0.29, 0.717) is 19.4 Å². The van der Waals surface area contributed by atoms with Gasteiger partial charge in [-0.1, -0.05) is 30.3 Å². The van der Waals surface area contributed by atoms with Crippen LogP contribution in [0.1, 0.15) is 18.4 Å². The minimum Gasteiger partial charge on any atom is -0.468 e. The van der Waals surface area contributed by atoms with Crippen LogP contribution in [-0.4, -0.2) is 31.8 Å². The summed E-state index contributed by atoms with van der Waals surface area (Å²) in [6.45, 7) is 0.754. The lowest BCUT2D eigenvalue weighted by Crippen LogP contribution is -2.39. The van der Waals surface area contributed by atoms with Crippen LogP contribution in [0.5, 0.6) is 0 Å². The van der Waals surface area contributed by atoms with Gasteiger partial charge in [0.25, 0.3) is 0 Å². The van der Waals surface area contributed by atoms with Crippen LogP contribution in [0.15, 0.2) is 30.3 Å². The van der Waals surface area contributed by atoms with E-state index in [-0.39, 0.29) is 18.6 Å². The molecule has 3 atom stereocenters. The Labute approximate surface area is 123 Å². The van der Waals surface area contributed by atoms with Crippen molar-refractivity contribution >= 4 is 11.9 Å². The number of hydrogen-bond acceptors (Lipinski definition) is 5. The highest BCUT2D eigenvalue weighted by molar-refractivity contribution is 6.02. The van der Waals surface area contributed by atoms with E-state index in [4.69, 9.17) is 14.2 Å². The van der Waals surface area contributed by atoms with E-state index in [2.05, 4.69) is 0 Å². The molecule has 1 aromatic rings. The van der Waals surface area contributed by atoms with E-state index < -0.39 is 17.4 Å². The third kappa shape index (κ3) is 2.31. The zero-order valence-electron chi connectivity index (χ0n) is 11.9. The Morgan fingerprint density at radius 2 is 2.14 bits per heavy atom. The average Bonchev–Trinajstić information content (AvgIpc) is 3.03. The van der Waals surface area contributed by atoms with E-state index >= 15 is 0 Å². The van der Waals surface area contributed by atoms with E-state index in [1.54, 1.807) is 0 Å². The van der Waals surface area contributed by atoms with Crippen LogP contribution in [0.3, 0.4) is 0 Å². The highest BCUT2D eigenvalue weighted by Crippen LogP contribution is 2.50. The smallest absolute Gasteiger partial charge is 0.324 e. The third-order valence-electron chi connectivity index (χ3n) is 4.45. The maximum Gasteiger partial charge on any atom is 0.324 e. The van der Waals surface area contributed by atoms with Gasteiger partial charge in [-0.25, -0.2) is 0 Å². The molecular weight excluding hydrogens is 272 g/mol. The molecule has 5 nitrogen and oxygen atoms in total. The van der Waals surface area contributed by atoms with Crippen molar-refractivity contribution in [3.63, 3.8) is 0 Å². The molecule has 0 N–H and O–H groups in total. The summed E-state index contributed by atoms with van der Waals surface area (Å²) in [6.07, 6.45) is 0.867. The first-order chi connectivity index (χ1) is 10.2. The second-order valence-electron chi connectivity index (χ2n) is 5.62. The van der Waals surface area contributed by atoms with Crippen molar-refractivity contribution in [1.29, 1.82) is 0 Å². The van der Waals surface area contributed by atoms with Crippen molar-refractivity contribution in [1.82, 2.24) is 0 Å². The maximum absolute atomic E-state index is 12.1. The van der Waals surface area contributed by atoms with E-state index in [1.807, 2.05) is 30.3 Å². The fourth-order valence-corrected chi connectivity index (χ4v) is 3.32. The second-order valence-corrected chi connectivity index (χ2v) is 5.62. The second kappa shape index (κ2) is 5.48. The summed E-state index contributed by atoms with van der Waals surface area (Å²) in [6, 6.07) is 9.83. The van der Waals surface area contributed by atoms with Crippen molar-refractivity contribution < 1.29 is 23.8 Å². The van der Waals surface area contributed by atoms with Crippen molar-refractivity contribution in [2.75, 3.05) is 13.7 Å². The molecule has 1 aromatic carbocycles. The number of ether oxygens (including phenoxy) is 3. The molecule has 3 rings (SSSR count). The average molecular weight is 290 g/mol. The molecule has 112 valence electrons. The number of fused-ring (bicyclic) bond motifs is 1. The Morgan fingerprint density at radius 1 is 1.38 bits per heavy atom. The van der Waals surface area contributed by atoms with Crippen LogP contribution in [0.25, 0.3) is 0 Å². The zero-order valence-corrected chi connectivity index (χ0v) is 11.9. The monoisotopic (exact) mass is 290 g/mol. The molecule has 5 heteroatoms. The first-order valence-electron chi connectivity index (χ1n) is 7.08. The van der Waals surface area contributed by atoms with Crippen molar-refractivity contribution in [3.05, 3.63) is 35.9 Å². The summed E-state index contributed by atoms with van der Waals surface area (Å²) in [7, 11) is 1.30. The molecule has 1 saturated heterocycles. The molecule has 1 heterocycles. The number of esters is 2. The normalized spacial score (nSPS) is 30.8. The number of hydrogen-bond donors (Lipinski definition) is 0. The largest absolute Gasteiger partial charge is 0.468 e. The van der Waals surface area contributed by atoms with Crippen LogP contribution in [-0.2, 0) is 30.4 Å². The molecule has 0 aromatic heterocycles. The summed E-state index contributed by atoms with van der Waals surface area (Å²) in [5.74, 6) is -1.11. The number of benzene rings is 1. The summed E-state index contributed by atoms with van der Waals surface area (Å²) >= 11 is 0. The predicted octanol–water partition coefficient (Wildman–Crippen LogP) is 1.70. The molecule has 0 spiro atoms. The summed E-state index contributed by atoms with van der Waals surface area (Å²) < 4.78 is 15.8. The lowest BCUT2D eigenvalue weighted by molar-refractivity contribution is -0.164. The predicted molar refractivity (Wildman–Crippen MR) is 73.2 cm³/mol. The topological polar surface area (TPSA) is 61.8 Å². The van der Waals surface area contributed by atoms with Crippen molar-refractivity contribution in [2.24, 2.45) is 11.3 Å². The number of cyclic esters (lactones) is 1. The molecule has 21 heavy (non-hydrogen) atoms. The van der Waals surface area contributed by atoms with Gasteiger partial charge in [-0.2, -0.15) is 0 Å². The van der Waals surface area contributed by atoms with Gasteiger partial charge in [0.15, 0.2) is 5.41 Å². The van der Waals surface area contributed by atoms with E-state index in [9.17, 15) is 9.59 Å². The molecule has 1 saturated carbocycles. The molecule has 2 aliphatic rings. The van der Waals surface area contributed by atoms with Gasteiger partial charge < -0.3 is 14.2 Å². The Hall–Kier alpha value is -1.88. The summed E-state index contributed by atoms with van der Waals surface area (Å²) in [4.78, 5) is 24.1. The van der Waals surface area contributed by atoms with Crippen LogP contribution < -0.4 is 0 Å². The summed E-state index contributed by atoms with van der Waals surface area (Å²) in [5, 5.41) is 0. The third-order valence-corrected chi connectivity index (χ3v) is 4.45. The fraction of sp³-hybridized carbons (Fsp3) is 0.500. The quantitative estimate of drug-likeness (QED) is 0.624. The lowest BCUT2D eigenvalue weighted by Gasteiger charge is -2.20. The lowest BCUT2D eigenvalue weighted by atomic mass is 9.80. The first-order valence-corrected chi connectivity index (χ1v) is 7.08. The fourth-order valence-electron chi connectivity index (χ4n) is 3.32. The molecule has 0 bridgehead atoms. The van der Waals surface area contributed by atoms with Gasteiger partial charge in [0.05, 0.1) is 26.4 Å². The first kappa shape index (κ1) is 14.1. The van der Waals surface area contributed by atoms with E-state index in [1.165, 1.54) is 7.11 Å². The highest BCUT2D eigenvalue weighted by Gasteiger charge is 2.64. The number of rotatable bonds is 4. The Morgan fingerprint density at radius 3 is 2.86 bits per heavy atom. The number of carbonyl (C=O) groups is 2. The van der Waals surface area contributed by atoms with Crippen LogP contribution in [0.4, 0.5) is 0 Å². The molecule has 1 aliphatic heterocycles. The van der Waals surface area contributed by atoms with Gasteiger partial charge in [0, 0.05) is 12.3 Å². The Bertz CT molecular complexity index is 541. The minimum absolute atomic E-state index is 0.123. The van der Waals surface area contributed by atoms with Gasteiger partial charge >= 0.3 is 11.9 Å². The number of methoxy groups -OCH3 is 1. The van der Waals surface area contributed by atoms with Crippen molar-refractivity contribution in [3.8, 4) is 0 Å². The molecule has 0 unspecified atom stereocenters. The van der Waals surface area contributed by atoms with Gasteiger partial charge in [-0.05, 0) is 12.0 Å². The van der Waals surface area contributed by atoms with Gasteiger partial charge in [-0.15, -0.1) is 0 Å². The Balaban J connectivity index is 1.69. The molecule has 0 radical (unpaired) electrons. The minimum atomic E-state index is -1.16. The SMILES string of the molecule is COC(=O)[C@]12C[C@@H](OCc3ccccc3)C[C@H]1COC2=O. The van der Waals surface area contributed by atoms with Gasteiger partial charge in [0.2, 0.25) is 0 Å². The molecule has 0 amide bonds. The zero-order chi connectivity index (χ0) is 14.9. The molecule has 2 fully saturated rings. The van der Waals surface area contributed by atoms with Gasteiger partial charge in [-0.3, -0.25) is 9.59 Å². The maximum atomic E-state index is 12.1. The van der Waals surface area contributed by atoms with Crippen LogP contribution in [0, 0.1) is 11.3 Å². The Kier molecular flexibility index (Phi) is 3.68. The summed E-state index contributed by atoms with van der Waals surface area (Å²) in [5.41, 5.74) is -0.0833. The molecule has 1 aliphatic carbocycles. The van der Waals surface area contributed by atoms with Crippen molar-refractivity contribution in [2.45, 2.75) is 25.6 Å². The highest BCUT2D eigenvalue weighted by atomic mass is 16.6. The van der Waals surface area contributed by atoms with Gasteiger partial charge in [0.1, 0.15) is 0 Å².